The molecule has 3 aromatic rings. The van der Waals surface area contributed by atoms with Crippen molar-refractivity contribution in [1.82, 2.24) is 25.5 Å². The Morgan fingerprint density at radius 3 is 2.69 bits per heavy atom. The van der Waals surface area contributed by atoms with E-state index in [0.29, 0.717) is 12.3 Å². The topological polar surface area (TPSA) is 85.4 Å². The van der Waals surface area contributed by atoms with Crippen molar-refractivity contribution in [2.45, 2.75) is 19.3 Å². The number of para-hydroxylation sites is 2. The fraction of sp³-hybridized carbons (Fsp3) is 0.375. The lowest BCUT2D eigenvalue weighted by molar-refractivity contribution is -0.127. The van der Waals surface area contributed by atoms with Gasteiger partial charge in [-0.25, -0.2) is 4.98 Å². The van der Waals surface area contributed by atoms with Gasteiger partial charge in [-0.2, -0.15) is 0 Å². The summed E-state index contributed by atoms with van der Waals surface area (Å²) < 4.78 is 0. The number of aromatic amines is 1. The Kier molecular flexibility index (Phi) is 8.90. The molecule has 2 aromatic carbocycles. The number of amides is 1. The minimum Gasteiger partial charge on any atom is -0.356 e. The first kappa shape index (κ1) is 24.0. The Hall–Kier alpha value is -2.62. The average molecular weight is 546 g/mol. The van der Waals surface area contributed by atoms with Crippen molar-refractivity contribution in [3.8, 4) is 0 Å². The predicted octanol–water partition coefficient (Wildman–Crippen LogP) is 2.98. The van der Waals surface area contributed by atoms with Crippen LogP contribution in [0.25, 0.3) is 11.0 Å². The van der Waals surface area contributed by atoms with Gasteiger partial charge in [-0.3, -0.25) is 9.79 Å². The first-order valence-corrected chi connectivity index (χ1v) is 10.9. The molecule has 0 spiro atoms. The second kappa shape index (κ2) is 11.8. The highest BCUT2D eigenvalue weighted by Gasteiger charge is 2.29. The first-order valence-electron chi connectivity index (χ1n) is 10.9. The van der Waals surface area contributed by atoms with Crippen LogP contribution in [0, 0.1) is 5.92 Å². The van der Waals surface area contributed by atoms with Crippen LogP contribution in [-0.2, 0) is 17.6 Å². The molecular weight excluding hydrogens is 515 g/mol. The molecule has 1 fully saturated rings. The number of fused-ring (bicyclic) bond motifs is 1. The third-order valence-corrected chi connectivity index (χ3v) is 5.68. The van der Waals surface area contributed by atoms with Crippen molar-refractivity contribution < 1.29 is 4.79 Å². The van der Waals surface area contributed by atoms with Gasteiger partial charge < -0.3 is 20.5 Å². The van der Waals surface area contributed by atoms with Gasteiger partial charge in [0.1, 0.15) is 5.82 Å². The van der Waals surface area contributed by atoms with Gasteiger partial charge in [0.2, 0.25) is 5.91 Å². The van der Waals surface area contributed by atoms with Crippen molar-refractivity contribution in [3.05, 3.63) is 66.0 Å². The maximum Gasteiger partial charge on any atom is 0.223 e. The van der Waals surface area contributed by atoms with Gasteiger partial charge in [0.15, 0.2) is 5.96 Å². The van der Waals surface area contributed by atoms with Gasteiger partial charge in [0.25, 0.3) is 0 Å². The maximum atomic E-state index is 12.4. The molecule has 0 bridgehead atoms. The van der Waals surface area contributed by atoms with E-state index in [1.807, 2.05) is 47.4 Å². The monoisotopic (exact) mass is 546 g/mol. The minimum atomic E-state index is 0. The van der Waals surface area contributed by atoms with Crippen LogP contribution in [0.3, 0.4) is 0 Å². The summed E-state index contributed by atoms with van der Waals surface area (Å²) in [5.74, 6) is 2.26. The number of hydrogen-bond donors (Lipinski definition) is 3. The predicted molar refractivity (Wildman–Crippen MR) is 139 cm³/mol. The van der Waals surface area contributed by atoms with E-state index in [2.05, 4.69) is 37.7 Å². The van der Waals surface area contributed by atoms with Gasteiger partial charge in [-0.15, -0.1) is 24.0 Å². The van der Waals surface area contributed by atoms with Crippen molar-refractivity contribution in [1.29, 1.82) is 0 Å². The quantitative estimate of drug-likeness (QED) is 0.231. The number of carbonyl (C=O) groups excluding carboxylic acids is 1. The number of aliphatic imine (C=N–C) groups is 1. The highest BCUT2D eigenvalue weighted by Crippen LogP contribution is 2.17. The van der Waals surface area contributed by atoms with Gasteiger partial charge in [-0.05, 0) is 24.1 Å². The Balaban J connectivity index is 0.00000289. The largest absolute Gasteiger partial charge is 0.356 e. The molecule has 1 aliphatic heterocycles. The molecule has 1 atom stereocenters. The van der Waals surface area contributed by atoms with Gasteiger partial charge >= 0.3 is 0 Å². The van der Waals surface area contributed by atoms with Crippen molar-refractivity contribution in [2.75, 3.05) is 33.2 Å². The summed E-state index contributed by atoms with van der Waals surface area (Å²) in [6.07, 6.45) is 2.28. The number of guanidine groups is 1. The Morgan fingerprint density at radius 2 is 1.91 bits per heavy atom. The third-order valence-electron chi connectivity index (χ3n) is 5.68. The number of H-pyrrole nitrogens is 1. The number of rotatable bonds is 8. The number of carbonyl (C=O) groups is 1. The minimum absolute atomic E-state index is 0. The molecule has 8 heteroatoms. The lowest BCUT2D eigenvalue weighted by atomic mass is 10.1. The molecule has 1 unspecified atom stereocenters. The number of benzene rings is 2. The molecule has 32 heavy (non-hydrogen) atoms. The molecule has 0 saturated carbocycles. The van der Waals surface area contributed by atoms with Gasteiger partial charge in [0, 0.05) is 52.0 Å². The van der Waals surface area contributed by atoms with Crippen LogP contribution < -0.4 is 10.6 Å². The normalized spacial score (nSPS) is 16.3. The Bertz CT molecular complexity index is 1000. The zero-order valence-corrected chi connectivity index (χ0v) is 20.7. The van der Waals surface area contributed by atoms with E-state index >= 15 is 0 Å². The summed E-state index contributed by atoms with van der Waals surface area (Å²) in [7, 11) is 1.77. The molecule has 3 N–H and O–H groups in total. The van der Waals surface area contributed by atoms with Crippen LogP contribution >= 0.6 is 24.0 Å². The molecule has 1 aliphatic rings. The zero-order chi connectivity index (χ0) is 21.5. The Morgan fingerprint density at radius 1 is 1.12 bits per heavy atom. The zero-order valence-electron chi connectivity index (χ0n) is 18.4. The number of hydrogen-bond acceptors (Lipinski definition) is 3. The highest BCUT2D eigenvalue weighted by molar-refractivity contribution is 14.0. The third kappa shape index (κ3) is 6.44. The highest BCUT2D eigenvalue weighted by atomic mass is 127. The van der Waals surface area contributed by atoms with E-state index in [-0.39, 0.29) is 29.9 Å². The van der Waals surface area contributed by atoms with Gasteiger partial charge in [-0.1, -0.05) is 42.5 Å². The van der Waals surface area contributed by atoms with Crippen LogP contribution in [-0.4, -0.2) is 60.0 Å². The summed E-state index contributed by atoms with van der Waals surface area (Å²) in [6, 6.07) is 18.4. The number of nitrogens with zero attached hydrogens (tertiary/aromatic N) is 3. The van der Waals surface area contributed by atoms with Crippen LogP contribution in [0.2, 0.25) is 0 Å². The second-order valence-electron chi connectivity index (χ2n) is 7.98. The summed E-state index contributed by atoms with van der Waals surface area (Å²) in [4.78, 5) is 26.6. The molecule has 0 aliphatic carbocycles. The SMILES string of the molecule is CN=C(NCCc1nc2ccccc2[nH]1)NCC1CC(=O)N(CCc2ccccc2)C1.I. The number of nitrogens with one attached hydrogen (secondary N) is 3. The van der Waals surface area contributed by atoms with Crippen molar-refractivity contribution in [3.63, 3.8) is 0 Å². The van der Waals surface area contributed by atoms with Crippen LogP contribution in [0.4, 0.5) is 0 Å². The molecule has 1 saturated heterocycles. The first-order chi connectivity index (χ1) is 15.2. The van der Waals surface area contributed by atoms with Crippen LogP contribution in [0.5, 0.6) is 0 Å². The molecular formula is C24H31IN6O. The number of imidazole rings is 1. The molecule has 0 radical (unpaired) electrons. The number of halogens is 1. The average Bonchev–Trinajstić information content (AvgIpc) is 3.37. The lowest BCUT2D eigenvalue weighted by Gasteiger charge is -2.18. The summed E-state index contributed by atoms with van der Waals surface area (Å²) in [5, 5.41) is 6.70. The molecule has 1 aromatic heterocycles. The summed E-state index contributed by atoms with van der Waals surface area (Å²) >= 11 is 0. The molecule has 1 amide bonds. The van der Waals surface area contributed by atoms with Gasteiger partial charge in [0.05, 0.1) is 11.0 Å². The summed E-state index contributed by atoms with van der Waals surface area (Å²) in [6.45, 7) is 3.04. The van der Waals surface area contributed by atoms with E-state index in [0.717, 1.165) is 61.8 Å². The van der Waals surface area contributed by atoms with E-state index < -0.39 is 0 Å². The van der Waals surface area contributed by atoms with E-state index in [1.165, 1.54) is 5.56 Å². The lowest BCUT2D eigenvalue weighted by Crippen LogP contribution is -2.41. The number of aromatic nitrogens is 2. The van der Waals surface area contributed by atoms with Crippen LogP contribution in [0.1, 0.15) is 17.8 Å². The fourth-order valence-electron chi connectivity index (χ4n) is 4.00. The van der Waals surface area contributed by atoms with E-state index in [4.69, 9.17) is 0 Å². The smallest absolute Gasteiger partial charge is 0.223 e. The van der Waals surface area contributed by atoms with E-state index in [9.17, 15) is 4.79 Å². The molecule has 170 valence electrons. The molecule has 4 rings (SSSR count). The van der Waals surface area contributed by atoms with Crippen molar-refractivity contribution in [2.24, 2.45) is 10.9 Å². The second-order valence-corrected chi connectivity index (χ2v) is 7.98. The standard InChI is InChI=1S/C24H30N6O.HI/c1-25-24(26-13-11-22-28-20-9-5-6-10-21(20)29-22)27-16-19-15-23(31)30(17-19)14-12-18-7-3-2-4-8-18;/h2-10,19H,11-17H2,1H3,(H,28,29)(H2,25,26,27);1H. The fourth-order valence-corrected chi connectivity index (χ4v) is 4.00. The number of likely N-dealkylation sites (tertiary alicyclic amines) is 1. The Labute approximate surface area is 206 Å². The van der Waals surface area contributed by atoms with E-state index in [1.54, 1.807) is 7.05 Å². The van der Waals surface area contributed by atoms with Crippen LogP contribution in [0.15, 0.2) is 59.6 Å². The summed E-state index contributed by atoms with van der Waals surface area (Å²) in [5.41, 5.74) is 3.32. The molecule has 2 heterocycles. The molecule has 7 nitrogen and oxygen atoms in total. The van der Waals surface area contributed by atoms with Crippen molar-refractivity contribution >= 4 is 46.9 Å². The maximum absolute atomic E-state index is 12.4.